The van der Waals surface area contributed by atoms with E-state index in [1.54, 1.807) is 11.9 Å². The average molecular weight is 332 g/mol. The van der Waals surface area contributed by atoms with E-state index in [9.17, 15) is 9.59 Å². The van der Waals surface area contributed by atoms with E-state index >= 15 is 0 Å². The van der Waals surface area contributed by atoms with E-state index in [1.807, 2.05) is 30.3 Å². The van der Waals surface area contributed by atoms with Crippen LogP contribution in [0, 0.1) is 5.92 Å². The van der Waals surface area contributed by atoms with Crippen LogP contribution < -0.4 is 0 Å². The molecule has 2 aliphatic rings. The van der Waals surface area contributed by atoms with Gasteiger partial charge in [-0.1, -0.05) is 30.3 Å². The number of rotatable bonds is 4. The second-order valence-corrected chi connectivity index (χ2v) is 6.46. The van der Waals surface area contributed by atoms with Gasteiger partial charge in [0.25, 0.3) is 0 Å². The minimum absolute atomic E-state index is 0.00564. The maximum absolute atomic E-state index is 12.7. The first-order chi connectivity index (χ1) is 11.6. The Bertz CT molecular complexity index is 570. The molecule has 0 radical (unpaired) electrons. The number of hydrogen-bond donors (Lipinski definition) is 0. The zero-order valence-corrected chi connectivity index (χ0v) is 14.0. The van der Waals surface area contributed by atoms with Crippen LogP contribution in [0.2, 0.25) is 0 Å². The number of ether oxygens (including phenoxy) is 2. The summed E-state index contributed by atoms with van der Waals surface area (Å²) in [6.07, 6.45) is 0.532. The first-order valence-corrected chi connectivity index (χ1v) is 8.39. The highest BCUT2D eigenvalue weighted by molar-refractivity contribution is 5.94. The highest BCUT2D eigenvalue weighted by Crippen LogP contribution is 2.19. The van der Waals surface area contributed by atoms with Crippen LogP contribution in [0.15, 0.2) is 30.3 Å². The van der Waals surface area contributed by atoms with Gasteiger partial charge in [-0.05, 0) is 5.56 Å². The van der Waals surface area contributed by atoms with E-state index in [2.05, 4.69) is 0 Å². The molecule has 0 aliphatic carbocycles. The molecule has 130 valence electrons. The molecule has 3 rings (SSSR count). The molecule has 0 bridgehead atoms. The fourth-order valence-electron chi connectivity index (χ4n) is 3.25. The van der Waals surface area contributed by atoms with Crippen molar-refractivity contribution in [2.45, 2.75) is 12.5 Å². The van der Waals surface area contributed by atoms with Gasteiger partial charge in [0.05, 0.1) is 33.0 Å². The topological polar surface area (TPSA) is 59.1 Å². The number of piperazine rings is 1. The van der Waals surface area contributed by atoms with Crippen LogP contribution in [0.3, 0.4) is 0 Å². The Morgan fingerprint density at radius 3 is 2.42 bits per heavy atom. The van der Waals surface area contributed by atoms with Crippen molar-refractivity contribution in [3.05, 3.63) is 35.9 Å². The smallest absolute Gasteiger partial charge is 0.245 e. The molecule has 1 aromatic carbocycles. The van der Waals surface area contributed by atoms with Gasteiger partial charge in [0, 0.05) is 25.9 Å². The molecule has 0 saturated carbocycles. The normalized spacial score (nSPS) is 23.5. The number of benzene rings is 1. The molecular formula is C18H24N2O4. The Hall–Kier alpha value is -1.92. The van der Waals surface area contributed by atoms with Crippen molar-refractivity contribution in [1.82, 2.24) is 9.80 Å². The molecule has 6 nitrogen and oxygen atoms in total. The number of carbonyl (C=O) groups is 2. The lowest BCUT2D eigenvalue weighted by Gasteiger charge is -2.40. The number of carbonyl (C=O) groups excluding carboxylic acids is 2. The van der Waals surface area contributed by atoms with E-state index in [-0.39, 0.29) is 24.3 Å². The largest absolute Gasteiger partial charge is 0.379 e. The van der Waals surface area contributed by atoms with Crippen LogP contribution in [-0.2, 0) is 25.5 Å². The Morgan fingerprint density at radius 1 is 1.08 bits per heavy atom. The predicted octanol–water partition coefficient (Wildman–Crippen LogP) is 0.561. The molecule has 2 heterocycles. The first kappa shape index (κ1) is 16.9. The van der Waals surface area contributed by atoms with Crippen LogP contribution in [-0.4, -0.2) is 74.2 Å². The van der Waals surface area contributed by atoms with Crippen molar-refractivity contribution in [2.24, 2.45) is 5.92 Å². The summed E-state index contributed by atoms with van der Waals surface area (Å²) in [5.74, 6) is 0.0853. The van der Waals surface area contributed by atoms with Crippen molar-refractivity contribution < 1.29 is 19.1 Å². The molecule has 2 amide bonds. The second-order valence-electron chi connectivity index (χ2n) is 6.46. The van der Waals surface area contributed by atoms with Gasteiger partial charge < -0.3 is 19.3 Å². The molecule has 1 atom stereocenters. The van der Waals surface area contributed by atoms with E-state index < -0.39 is 6.04 Å². The number of hydrogen-bond acceptors (Lipinski definition) is 4. The fraction of sp³-hybridized carbons (Fsp3) is 0.556. The quantitative estimate of drug-likeness (QED) is 0.808. The van der Waals surface area contributed by atoms with Gasteiger partial charge in [0.15, 0.2) is 0 Å². The molecule has 2 fully saturated rings. The molecule has 6 heteroatoms. The monoisotopic (exact) mass is 332 g/mol. The van der Waals surface area contributed by atoms with Crippen LogP contribution in [0.5, 0.6) is 0 Å². The molecule has 2 saturated heterocycles. The lowest BCUT2D eigenvalue weighted by Crippen LogP contribution is -2.60. The van der Waals surface area contributed by atoms with E-state index in [0.29, 0.717) is 39.4 Å². The van der Waals surface area contributed by atoms with Crippen LogP contribution in [0.4, 0.5) is 0 Å². The van der Waals surface area contributed by atoms with Crippen molar-refractivity contribution >= 4 is 11.8 Å². The van der Waals surface area contributed by atoms with Gasteiger partial charge in [-0.2, -0.15) is 0 Å². The molecule has 0 aromatic heterocycles. The van der Waals surface area contributed by atoms with E-state index in [4.69, 9.17) is 9.47 Å². The predicted molar refractivity (Wildman–Crippen MR) is 88.4 cm³/mol. The lowest BCUT2D eigenvalue weighted by molar-refractivity contribution is -0.155. The maximum Gasteiger partial charge on any atom is 0.245 e. The summed E-state index contributed by atoms with van der Waals surface area (Å²) in [5.41, 5.74) is 1.05. The molecule has 1 aromatic rings. The first-order valence-electron chi connectivity index (χ1n) is 8.39. The third-order valence-electron chi connectivity index (χ3n) is 4.54. The molecule has 0 spiro atoms. The van der Waals surface area contributed by atoms with Gasteiger partial charge in [-0.3, -0.25) is 9.59 Å². The third-order valence-corrected chi connectivity index (χ3v) is 4.54. The lowest BCUT2D eigenvalue weighted by atomic mass is 9.99. The maximum atomic E-state index is 12.7. The van der Waals surface area contributed by atoms with Gasteiger partial charge >= 0.3 is 0 Å². The number of amides is 2. The zero-order chi connectivity index (χ0) is 16.9. The summed E-state index contributed by atoms with van der Waals surface area (Å²) in [6.45, 7) is 2.92. The van der Waals surface area contributed by atoms with Gasteiger partial charge in [-0.15, -0.1) is 0 Å². The summed E-state index contributed by atoms with van der Waals surface area (Å²) in [6, 6.07) is 9.37. The Labute approximate surface area is 142 Å². The average Bonchev–Trinajstić information content (AvgIpc) is 2.85. The molecule has 0 N–H and O–H groups in total. The van der Waals surface area contributed by atoms with Gasteiger partial charge in [-0.25, -0.2) is 0 Å². The standard InChI is InChI=1S/C18H24N2O4/c1-19-11-17(21)20(10-15-12-23-7-8-24-13-15)16(18(19)22)9-14-5-3-2-4-6-14/h2-6,15-16H,7-13H2,1H3/t16-/m0/s1. The van der Waals surface area contributed by atoms with Crippen LogP contribution >= 0.6 is 0 Å². The highest BCUT2D eigenvalue weighted by Gasteiger charge is 2.38. The van der Waals surface area contributed by atoms with Gasteiger partial charge in [0.1, 0.15) is 6.04 Å². The molecule has 24 heavy (non-hydrogen) atoms. The minimum atomic E-state index is -0.457. The van der Waals surface area contributed by atoms with Crippen LogP contribution in [0.1, 0.15) is 5.56 Å². The highest BCUT2D eigenvalue weighted by atomic mass is 16.5. The van der Waals surface area contributed by atoms with Crippen molar-refractivity contribution in [2.75, 3.05) is 46.6 Å². The van der Waals surface area contributed by atoms with E-state index in [1.165, 1.54) is 4.90 Å². The Kier molecular flexibility index (Phi) is 5.48. The summed E-state index contributed by atoms with van der Waals surface area (Å²) in [4.78, 5) is 28.5. The number of likely N-dealkylation sites (N-methyl/N-ethyl adjacent to an activating group) is 1. The van der Waals surface area contributed by atoms with Crippen molar-refractivity contribution in [3.8, 4) is 0 Å². The van der Waals surface area contributed by atoms with Crippen molar-refractivity contribution in [3.63, 3.8) is 0 Å². The van der Waals surface area contributed by atoms with E-state index in [0.717, 1.165) is 5.56 Å². The molecular weight excluding hydrogens is 308 g/mol. The zero-order valence-electron chi connectivity index (χ0n) is 14.0. The Morgan fingerprint density at radius 2 is 1.75 bits per heavy atom. The summed E-state index contributed by atoms with van der Waals surface area (Å²) >= 11 is 0. The minimum Gasteiger partial charge on any atom is -0.379 e. The second kappa shape index (κ2) is 7.77. The van der Waals surface area contributed by atoms with Crippen LogP contribution in [0.25, 0.3) is 0 Å². The SMILES string of the molecule is CN1CC(=O)N(CC2COCCOC2)[C@@H](Cc2ccccc2)C1=O. The Balaban J connectivity index is 1.76. The summed E-state index contributed by atoms with van der Waals surface area (Å²) in [5, 5.41) is 0. The molecule has 0 unspecified atom stereocenters. The molecule has 2 aliphatic heterocycles. The fourth-order valence-corrected chi connectivity index (χ4v) is 3.25. The van der Waals surface area contributed by atoms with Crippen molar-refractivity contribution in [1.29, 1.82) is 0 Å². The summed E-state index contributed by atoms with van der Waals surface area (Å²) in [7, 11) is 1.69. The summed E-state index contributed by atoms with van der Waals surface area (Å²) < 4.78 is 11.1. The van der Waals surface area contributed by atoms with Gasteiger partial charge in [0.2, 0.25) is 11.8 Å². The third kappa shape index (κ3) is 3.94. The number of nitrogens with zero attached hydrogens (tertiary/aromatic N) is 2.